The zero-order valence-corrected chi connectivity index (χ0v) is 15.1. The first-order valence-electron chi connectivity index (χ1n) is 7.59. The smallest absolute Gasteiger partial charge is 0.342 e. The van der Waals surface area contributed by atoms with Crippen molar-refractivity contribution in [1.29, 1.82) is 5.26 Å². The number of aryl methyl sites for hydroxylation is 1. The van der Waals surface area contributed by atoms with Gasteiger partial charge in [-0.3, -0.25) is 0 Å². The molecular formula is C18H16N2O5S. The number of benzene rings is 1. The first kappa shape index (κ1) is 17.6. The first-order chi connectivity index (χ1) is 12.4. The highest BCUT2D eigenvalue weighted by Gasteiger charge is 2.37. The topological polar surface area (TPSA) is 115 Å². The van der Waals surface area contributed by atoms with Gasteiger partial charge in [0.15, 0.2) is 17.2 Å². The maximum atomic E-state index is 12.1. The predicted octanol–water partition coefficient (Wildman–Crippen LogP) is 2.78. The van der Waals surface area contributed by atoms with Gasteiger partial charge in [-0.15, -0.1) is 11.3 Å². The fraction of sp³-hybridized carbons (Fsp3) is 0.222. The average Bonchev–Trinajstić information content (AvgIpc) is 2.95. The Bertz CT molecular complexity index is 971. The first-order valence-corrected chi connectivity index (χ1v) is 8.40. The van der Waals surface area contributed by atoms with E-state index >= 15 is 0 Å². The van der Waals surface area contributed by atoms with Crippen molar-refractivity contribution in [2.75, 3.05) is 14.2 Å². The van der Waals surface area contributed by atoms with Crippen LogP contribution in [0, 0.1) is 18.3 Å². The van der Waals surface area contributed by atoms with Crippen LogP contribution >= 0.6 is 11.3 Å². The van der Waals surface area contributed by atoms with Crippen molar-refractivity contribution in [3.05, 3.63) is 50.5 Å². The number of carbonyl (C=O) groups is 1. The summed E-state index contributed by atoms with van der Waals surface area (Å²) < 4.78 is 15.6. The minimum absolute atomic E-state index is 0.0170. The number of nitrogens with zero attached hydrogens (tertiary/aromatic N) is 1. The summed E-state index contributed by atoms with van der Waals surface area (Å²) in [5.41, 5.74) is 7.16. The summed E-state index contributed by atoms with van der Waals surface area (Å²) in [7, 11) is 2.73. The Kier molecular flexibility index (Phi) is 4.49. The van der Waals surface area contributed by atoms with E-state index < -0.39 is 11.9 Å². The minimum Gasteiger partial charge on any atom is -0.504 e. The highest BCUT2D eigenvalue weighted by atomic mass is 32.1. The third-order valence-electron chi connectivity index (χ3n) is 4.14. The molecule has 3 rings (SSSR count). The van der Waals surface area contributed by atoms with E-state index in [1.807, 2.05) is 0 Å². The van der Waals surface area contributed by atoms with E-state index in [1.165, 1.54) is 31.6 Å². The molecule has 0 unspecified atom stereocenters. The molecule has 0 fully saturated rings. The third kappa shape index (κ3) is 2.62. The third-order valence-corrected chi connectivity index (χ3v) is 5.29. The van der Waals surface area contributed by atoms with Gasteiger partial charge in [-0.25, -0.2) is 4.79 Å². The second-order valence-electron chi connectivity index (χ2n) is 5.57. The maximum Gasteiger partial charge on any atom is 0.342 e. The Morgan fingerprint density at radius 3 is 2.77 bits per heavy atom. The van der Waals surface area contributed by atoms with Gasteiger partial charge in [0, 0.05) is 4.88 Å². The van der Waals surface area contributed by atoms with Crippen LogP contribution in [-0.4, -0.2) is 25.3 Å². The summed E-state index contributed by atoms with van der Waals surface area (Å²) in [5, 5.41) is 19.4. The van der Waals surface area contributed by atoms with Crippen molar-refractivity contribution in [2.24, 2.45) is 5.73 Å². The van der Waals surface area contributed by atoms with E-state index in [-0.39, 0.29) is 23.0 Å². The fourth-order valence-corrected chi connectivity index (χ4v) is 4.14. The molecule has 8 heteroatoms. The van der Waals surface area contributed by atoms with Crippen LogP contribution in [-0.2, 0) is 4.74 Å². The molecule has 1 aliphatic rings. The Morgan fingerprint density at radius 1 is 1.42 bits per heavy atom. The number of hydrogen-bond donors (Lipinski definition) is 2. The Hall–Kier alpha value is -3.18. The zero-order chi connectivity index (χ0) is 19.0. The van der Waals surface area contributed by atoms with E-state index in [4.69, 9.17) is 19.9 Å². The van der Waals surface area contributed by atoms with Crippen LogP contribution in [0.1, 0.15) is 31.6 Å². The molecule has 0 saturated heterocycles. The van der Waals surface area contributed by atoms with Crippen molar-refractivity contribution in [3.63, 3.8) is 0 Å². The van der Waals surface area contributed by atoms with E-state index in [0.29, 0.717) is 26.6 Å². The summed E-state index contributed by atoms with van der Waals surface area (Å²) in [6.45, 7) is 1.77. The number of aromatic hydroxyl groups is 1. The number of nitrogens with two attached hydrogens (primary N) is 1. The number of phenolic OH excluding ortho intramolecular Hbond substituents is 1. The lowest BCUT2D eigenvalue weighted by atomic mass is 9.88. The molecule has 0 spiro atoms. The standard InChI is InChI=1S/C18H16N2O5S/c1-8-13(18(22)24-3)15-16(26-8)14(10(7-19)17(20)25-15)9-4-5-11(21)12(6-9)23-2/h4-6,14,21H,20H2,1-3H3/t14-/m1/s1. The summed E-state index contributed by atoms with van der Waals surface area (Å²) in [4.78, 5) is 13.5. The lowest BCUT2D eigenvalue weighted by Gasteiger charge is -2.24. The number of esters is 1. The normalized spacial score (nSPS) is 15.7. The lowest BCUT2D eigenvalue weighted by molar-refractivity contribution is 0.0597. The van der Waals surface area contributed by atoms with Crippen LogP contribution in [0.15, 0.2) is 29.7 Å². The Morgan fingerprint density at radius 2 is 2.15 bits per heavy atom. The van der Waals surface area contributed by atoms with Crippen molar-refractivity contribution < 1.29 is 24.1 Å². The van der Waals surface area contributed by atoms with Crippen LogP contribution in [0.4, 0.5) is 0 Å². The second kappa shape index (κ2) is 6.61. The van der Waals surface area contributed by atoms with Crippen LogP contribution in [0.3, 0.4) is 0 Å². The van der Waals surface area contributed by atoms with Gasteiger partial charge in [-0.2, -0.15) is 5.26 Å². The van der Waals surface area contributed by atoms with Gasteiger partial charge >= 0.3 is 5.97 Å². The molecule has 7 nitrogen and oxygen atoms in total. The molecule has 0 saturated carbocycles. The number of ether oxygens (including phenoxy) is 3. The molecule has 0 aliphatic carbocycles. The number of rotatable bonds is 3. The molecule has 3 N–H and O–H groups in total. The van der Waals surface area contributed by atoms with Crippen LogP contribution in [0.5, 0.6) is 17.2 Å². The molecule has 1 aromatic carbocycles. The van der Waals surface area contributed by atoms with Gasteiger partial charge in [0.1, 0.15) is 17.2 Å². The van der Waals surface area contributed by atoms with Crippen LogP contribution < -0.4 is 15.2 Å². The molecule has 2 aromatic rings. The molecule has 0 radical (unpaired) electrons. The molecule has 134 valence electrons. The number of nitriles is 1. The fourth-order valence-electron chi connectivity index (χ4n) is 2.92. The van der Waals surface area contributed by atoms with E-state index in [9.17, 15) is 15.2 Å². The van der Waals surface area contributed by atoms with Gasteiger partial charge in [0.25, 0.3) is 0 Å². The van der Waals surface area contributed by atoms with Crippen molar-refractivity contribution in [2.45, 2.75) is 12.8 Å². The number of thiophene rings is 1. The maximum absolute atomic E-state index is 12.1. The van der Waals surface area contributed by atoms with Gasteiger partial charge < -0.3 is 25.1 Å². The SMILES string of the molecule is COC(=O)c1c(C)sc2c1OC(N)=C(C#N)[C@H]2c1ccc(O)c(OC)c1. The minimum atomic E-state index is -0.541. The molecule has 26 heavy (non-hydrogen) atoms. The zero-order valence-electron chi connectivity index (χ0n) is 14.3. The second-order valence-corrected chi connectivity index (χ2v) is 6.83. The molecule has 0 bridgehead atoms. The lowest BCUT2D eigenvalue weighted by Crippen LogP contribution is -2.21. The molecule has 1 atom stereocenters. The monoisotopic (exact) mass is 372 g/mol. The quantitative estimate of drug-likeness (QED) is 0.796. The number of phenols is 1. The Labute approximate surface area is 153 Å². The predicted molar refractivity (Wildman–Crippen MR) is 94.4 cm³/mol. The largest absolute Gasteiger partial charge is 0.504 e. The van der Waals surface area contributed by atoms with Crippen LogP contribution in [0.25, 0.3) is 0 Å². The van der Waals surface area contributed by atoms with Gasteiger partial charge in [-0.1, -0.05) is 6.07 Å². The number of carbonyl (C=O) groups excluding carboxylic acids is 1. The van der Waals surface area contributed by atoms with Crippen molar-refractivity contribution >= 4 is 17.3 Å². The van der Waals surface area contributed by atoms with E-state index in [2.05, 4.69) is 6.07 Å². The van der Waals surface area contributed by atoms with E-state index in [1.54, 1.807) is 19.1 Å². The summed E-state index contributed by atoms with van der Waals surface area (Å²) in [6, 6.07) is 6.87. The van der Waals surface area contributed by atoms with E-state index in [0.717, 1.165) is 0 Å². The average molecular weight is 372 g/mol. The molecule has 1 aromatic heterocycles. The molecule has 2 heterocycles. The molecular weight excluding hydrogens is 356 g/mol. The summed E-state index contributed by atoms with van der Waals surface area (Å²) in [5.74, 6) is -0.590. The number of allylic oxidation sites excluding steroid dienone is 1. The molecule has 0 amide bonds. The summed E-state index contributed by atoms with van der Waals surface area (Å²) in [6.07, 6.45) is 0. The van der Waals surface area contributed by atoms with Crippen molar-refractivity contribution in [3.8, 4) is 23.3 Å². The number of fused-ring (bicyclic) bond motifs is 1. The molecule has 1 aliphatic heterocycles. The summed E-state index contributed by atoms with van der Waals surface area (Å²) >= 11 is 1.33. The number of hydrogen-bond acceptors (Lipinski definition) is 8. The van der Waals surface area contributed by atoms with Crippen LogP contribution in [0.2, 0.25) is 0 Å². The number of methoxy groups -OCH3 is 2. The van der Waals surface area contributed by atoms with Gasteiger partial charge in [-0.05, 0) is 24.6 Å². The van der Waals surface area contributed by atoms with Gasteiger partial charge in [0.05, 0.1) is 25.0 Å². The van der Waals surface area contributed by atoms with Gasteiger partial charge in [0.2, 0.25) is 5.88 Å². The highest BCUT2D eigenvalue weighted by molar-refractivity contribution is 7.12. The van der Waals surface area contributed by atoms with Crippen molar-refractivity contribution in [1.82, 2.24) is 0 Å². The highest BCUT2D eigenvalue weighted by Crippen LogP contribution is 2.50. The Balaban J connectivity index is 2.25.